The SMILES string of the molecule is c1ccc(C2CCC3C(C2)SC2C4CCCCC4CC4C2N3C2CC3CCCCC3C3SC5CC(c6ccccc6)CCC5N4C32)cc1. The van der Waals surface area contributed by atoms with Gasteiger partial charge in [-0.25, -0.2) is 0 Å². The minimum atomic E-state index is 0.770. The van der Waals surface area contributed by atoms with Crippen LogP contribution in [0.25, 0.3) is 0 Å². The van der Waals surface area contributed by atoms with Gasteiger partial charge in [-0.05, 0) is 111 Å². The molecule has 16 atom stereocenters. The Balaban J connectivity index is 0.993. The third-order valence-corrected chi connectivity index (χ3v) is 19.9. The molecule has 11 rings (SSSR count). The predicted molar refractivity (Wildman–Crippen MR) is 203 cm³/mol. The van der Waals surface area contributed by atoms with Gasteiger partial charge in [-0.15, -0.1) is 0 Å². The number of benzene rings is 2. The van der Waals surface area contributed by atoms with E-state index in [1.165, 1.54) is 103 Å². The summed E-state index contributed by atoms with van der Waals surface area (Å²) in [7, 11) is 0. The van der Waals surface area contributed by atoms with Crippen LogP contribution in [0.4, 0.5) is 0 Å². The smallest absolute Gasteiger partial charge is 0.0380 e. The van der Waals surface area contributed by atoms with Gasteiger partial charge < -0.3 is 0 Å². The first-order valence-electron chi connectivity index (χ1n) is 20.8. The second-order valence-electron chi connectivity index (χ2n) is 18.2. The van der Waals surface area contributed by atoms with Crippen LogP contribution in [0.2, 0.25) is 0 Å². The van der Waals surface area contributed by atoms with Crippen LogP contribution in [-0.4, -0.2) is 67.1 Å². The van der Waals surface area contributed by atoms with Crippen LogP contribution in [0, 0.1) is 23.7 Å². The zero-order valence-corrected chi connectivity index (χ0v) is 30.7. The predicted octanol–water partition coefficient (Wildman–Crippen LogP) is 10.1. The Morgan fingerprint density at radius 3 is 1.33 bits per heavy atom. The molecule has 0 N–H and O–H groups in total. The fourth-order valence-corrected chi connectivity index (χ4v) is 19.0. The van der Waals surface area contributed by atoms with E-state index in [0.717, 1.165) is 92.8 Å². The molecule has 4 heteroatoms. The van der Waals surface area contributed by atoms with Crippen LogP contribution < -0.4 is 0 Å². The van der Waals surface area contributed by atoms with Gasteiger partial charge in [0.15, 0.2) is 0 Å². The Bertz CT molecular complexity index is 1340. The Hall–Kier alpha value is -0.940. The van der Waals surface area contributed by atoms with Crippen molar-refractivity contribution in [2.75, 3.05) is 0 Å². The molecule has 9 aliphatic rings. The zero-order chi connectivity index (χ0) is 31.3. The van der Waals surface area contributed by atoms with Crippen molar-refractivity contribution in [2.24, 2.45) is 23.7 Å². The van der Waals surface area contributed by atoms with Crippen molar-refractivity contribution in [3.8, 4) is 0 Å². The highest BCUT2D eigenvalue weighted by molar-refractivity contribution is 8.01. The van der Waals surface area contributed by atoms with Crippen molar-refractivity contribution in [2.45, 2.75) is 172 Å². The Labute approximate surface area is 299 Å². The molecule has 2 aromatic carbocycles. The Kier molecular flexibility index (Phi) is 7.88. The first kappa shape index (κ1) is 30.7. The standard InChI is InChI=1S/C44H58N2S2/c1-3-11-27(12-4-1)29-19-21-35-39(25-29)47-43-33-17-9-7-15-31(33)24-38-41(43)45(35)37-23-32-16-8-10-18-34(32)44-42(37)46(38)36-22-20-30(26-40(36)48-44)28-13-5-2-6-14-28/h1-6,11-14,29-44H,7-10,15-26H2. The highest BCUT2D eigenvalue weighted by Gasteiger charge is 2.67. The maximum absolute atomic E-state index is 3.44. The summed E-state index contributed by atoms with van der Waals surface area (Å²) in [5.74, 6) is 5.47. The fraction of sp³-hybridized carbons (Fsp3) is 0.727. The zero-order valence-electron chi connectivity index (χ0n) is 29.0. The number of hydrogen-bond donors (Lipinski definition) is 0. The highest BCUT2D eigenvalue weighted by atomic mass is 32.2. The molecule has 0 radical (unpaired) electrons. The first-order valence-corrected chi connectivity index (χ1v) is 22.6. The van der Waals surface area contributed by atoms with Gasteiger partial charge >= 0.3 is 0 Å². The maximum atomic E-state index is 3.44. The summed E-state index contributed by atoms with van der Waals surface area (Å²) < 4.78 is 0. The van der Waals surface area contributed by atoms with E-state index in [1.54, 1.807) is 11.1 Å². The summed E-state index contributed by atoms with van der Waals surface area (Å²) in [5.41, 5.74) is 3.26. The van der Waals surface area contributed by atoms with E-state index >= 15 is 0 Å². The van der Waals surface area contributed by atoms with Crippen LogP contribution in [-0.2, 0) is 0 Å². The second-order valence-corrected chi connectivity index (χ2v) is 21.0. The average molecular weight is 679 g/mol. The number of thioether (sulfide) groups is 2. The molecule has 256 valence electrons. The number of nitrogens with zero attached hydrogens (tertiary/aromatic N) is 2. The number of piperazine rings is 1. The lowest BCUT2D eigenvalue weighted by Gasteiger charge is -2.73. The second kappa shape index (κ2) is 12.3. The summed E-state index contributed by atoms with van der Waals surface area (Å²) in [6.45, 7) is 0. The molecule has 3 heterocycles. The van der Waals surface area contributed by atoms with Crippen molar-refractivity contribution in [1.29, 1.82) is 0 Å². The highest BCUT2D eigenvalue weighted by Crippen LogP contribution is 2.64. The van der Waals surface area contributed by atoms with Crippen molar-refractivity contribution >= 4 is 23.5 Å². The van der Waals surface area contributed by atoms with Gasteiger partial charge in [-0.2, -0.15) is 23.5 Å². The van der Waals surface area contributed by atoms with Gasteiger partial charge in [0, 0.05) is 57.3 Å². The molecule has 0 spiro atoms. The minimum absolute atomic E-state index is 0.770. The van der Waals surface area contributed by atoms with E-state index in [0.29, 0.717) is 0 Å². The molecule has 9 fully saturated rings. The monoisotopic (exact) mass is 678 g/mol. The summed E-state index contributed by atoms with van der Waals surface area (Å²) in [6.07, 6.45) is 23.8. The molecule has 16 unspecified atom stereocenters. The van der Waals surface area contributed by atoms with Gasteiger partial charge in [0.1, 0.15) is 0 Å². The topological polar surface area (TPSA) is 6.48 Å². The molecule has 6 aliphatic carbocycles. The number of rotatable bonds is 2. The lowest BCUT2D eigenvalue weighted by atomic mass is 9.60. The van der Waals surface area contributed by atoms with E-state index < -0.39 is 0 Å². The van der Waals surface area contributed by atoms with E-state index in [9.17, 15) is 0 Å². The number of fused-ring (bicyclic) bond motifs is 10. The Morgan fingerprint density at radius 1 is 0.438 bits per heavy atom. The van der Waals surface area contributed by atoms with E-state index in [2.05, 4.69) is 94.0 Å². The average Bonchev–Trinajstić information content (AvgIpc) is 3.16. The molecule has 0 amide bonds. The molecule has 2 aromatic rings. The maximum Gasteiger partial charge on any atom is 0.0380 e. The molecule has 6 saturated carbocycles. The van der Waals surface area contributed by atoms with Crippen LogP contribution in [0.1, 0.15) is 126 Å². The van der Waals surface area contributed by atoms with Crippen molar-refractivity contribution in [3.05, 3.63) is 71.8 Å². The third kappa shape index (κ3) is 4.80. The molecule has 0 bridgehead atoms. The van der Waals surface area contributed by atoms with E-state index in [-0.39, 0.29) is 0 Å². The molecular weight excluding hydrogens is 621 g/mol. The van der Waals surface area contributed by atoms with Crippen LogP contribution in [0.15, 0.2) is 60.7 Å². The quantitative estimate of drug-likeness (QED) is 0.312. The van der Waals surface area contributed by atoms with Crippen molar-refractivity contribution in [1.82, 2.24) is 9.80 Å². The van der Waals surface area contributed by atoms with Gasteiger partial charge in [-0.1, -0.05) is 99.2 Å². The van der Waals surface area contributed by atoms with Gasteiger partial charge in [0.05, 0.1) is 0 Å². The lowest BCUT2D eigenvalue weighted by molar-refractivity contribution is -0.167. The molecule has 48 heavy (non-hydrogen) atoms. The van der Waals surface area contributed by atoms with Crippen molar-refractivity contribution < 1.29 is 0 Å². The Morgan fingerprint density at radius 2 is 0.875 bits per heavy atom. The van der Waals surface area contributed by atoms with E-state index in [4.69, 9.17) is 0 Å². The fourth-order valence-electron chi connectivity index (χ4n) is 14.5. The van der Waals surface area contributed by atoms with Crippen LogP contribution in [0.3, 0.4) is 0 Å². The molecule has 3 saturated heterocycles. The molecular formula is C44H58N2S2. The van der Waals surface area contributed by atoms with Gasteiger partial charge in [-0.3, -0.25) is 9.80 Å². The molecule has 3 aliphatic heterocycles. The molecule has 2 nitrogen and oxygen atoms in total. The van der Waals surface area contributed by atoms with Gasteiger partial charge in [0.2, 0.25) is 0 Å². The lowest BCUT2D eigenvalue weighted by Crippen LogP contribution is -2.83. The normalized spacial score (nSPS) is 49.7. The van der Waals surface area contributed by atoms with Crippen LogP contribution in [0.5, 0.6) is 0 Å². The third-order valence-electron chi connectivity index (χ3n) is 16.3. The summed E-state index contributed by atoms with van der Waals surface area (Å²) in [6, 6.07) is 28.4. The molecule has 0 aromatic heterocycles. The van der Waals surface area contributed by atoms with E-state index in [1.807, 2.05) is 0 Å². The minimum Gasteiger partial charge on any atom is -0.289 e. The van der Waals surface area contributed by atoms with Gasteiger partial charge in [0.25, 0.3) is 0 Å². The van der Waals surface area contributed by atoms with Crippen molar-refractivity contribution in [3.63, 3.8) is 0 Å². The summed E-state index contributed by atoms with van der Waals surface area (Å²) in [5, 5.41) is 3.43. The largest absolute Gasteiger partial charge is 0.289 e. The summed E-state index contributed by atoms with van der Waals surface area (Å²) >= 11 is 5.17. The van der Waals surface area contributed by atoms with Crippen LogP contribution >= 0.6 is 23.5 Å². The first-order chi connectivity index (χ1) is 23.8. The summed E-state index contributed by atoms with van der Waals surface area (Å²) in [4.78, 5) is 6.88. The number of hydrogen-bond acceptors (Lipinski definition) is 4.